The number of quaternary nitrogens is 1. The van der Waals surface area contributed by atoms with Crippen molar-refractivity contribution in [1.82, 2.24) is 0 Å². The minimum absolute atomic E-state index is 0.147. The average Bonchev–Trinajstić information content (AvgIpc) is 2.29. The molecule has 1 aromatic carbocycles. The molecule has 1 rings (SSSR count). The van der Waals surface area contributed by atoms with E-state index in [0.717, 1.165) is 18.1 Å². The van der Waals surface area contributed by atoms with Crippen LogP contribution in [0.4, 0.5) is 5.69 Å². The lowest BCUT2D eigenvalue weighted by atomic mass is 10.2. The number of carboxylic acid groups (broad SMARTS) is 1. The van der Waals surface area contributed by atoms with Crippen molar-refractivity contribution >= 4 is 11.7 Å². The van der Waals surface area contributed by atoms with E-state index in [1.54, 1.807) is 0 Å². The molecule has 0 heterocycles. The van der Waals surface area contributed by atoms with Gasteiger partial charge < -0.3 is 15.6 Å². The Labute approximate surface area is 95.6 Å². The van der Waals surface area contributed by atoms with Gasteiger partial charge in [-0.15, -0.1) is 0 Å². The molecule has 16 heavy (non-hydrogen) atoms. The van der Waals surface area contributed by atoms with Crippen molar-refractivity contribution in [2.24, 2.45) is 5.84 Å². The van der Waals surface area contributed by atoms with E-state index in [4.69, 9.17) is 11.6 Å². The van der Waals surface area contributed by atoms with Gasteiger partial charge in [0.05, 0.1) is 19.1 Å². The van der Waals surface area contributed by atoms with Gasteiger partial charge in [-0.05, 0) is 31.5 Å². The first-order valence-corrected chi connectivity index (χ1v) is 5.18. The van der Waals surface area contributed by atoms with Crippen molar-refractivity contribution in [3.8, 4) is 0 Å². The van der Waals surface area contributed by atoms with Crippen molar-refractivity contribution in [2.75, 3.05) is 18.8 Å². The zero-order valence-electron chi connectivity index (χ0n) is 9.69. The molecule has 1 aromatic rings. The first kappa shape index (κ1) is 14.4. The van der Waals surface area contributed by atoms with E-state index < -0.39 is 5.97 Å². The number of benzene rings is 1. The number of anilines is 1. The highest BCUT2D eigenvalue weighted by Gasteiger charge is 1.89. The van der Waals surface area contributed by atoms with Gasteiger partial charge in [-0.25, -0.2) is 0 Å². The zero-order chi connectivity index (χ0) is 12.6. The second-order valence-electron chi connectivity index (χ2n) is 3.27. The molecule has 0 unspecified atom stereocenters. The van der Waals surface area contributed by atoms with E-state index in [0.29, 0.717) is 5.69 Å². The Morgan fingerprint density at radius 3 is 1.94 bits per heavy atom. The Morgan fingerprint density at radius 1 is 1.25 bits per heavy atom. The number of nitrogens with two attached hydrogens (primary N) is 2. The Morgan fingerprint density at radius 2 is 1.69 bits per heavy atom. The van der Waals surface area contributed by atoms with Crippen LogP contribution in [0.2, 0.25) is 0 Å². The quantitative estimate of drug-likeness (QED) is 0.328. The maximum Gasteiger partial charge on any atom is 0.0915 e. The molecule has 0 aromatic heterocycles. The second kappa shape index (κ2) is 7.67. The molecular formula is C11H19N3O2. The van der Waals surface area contributed by atoms with Gasteiger partial charge in [-0.3, -0.25) is 5.01 Å². The van der Waals surface area contributed by atoms with E-state index in [9.17, 15) is 9.90 Å². The van der Waals surface area contributed by atoms with E-state index >= 15 is 0 Å². The molecule has 5 heteroatoms. The van der Waals surface area contributed by atoms with E-state index in [1.165, 1.54) is 24.3 Å². The van der Waals surface area contributed by atoms with Crippen LogP contribution in [0.1, 0.15) is 24.2 Å². The SMILES string of the molecule is CC[NH+](N)CC.Nc1ccc(C(=O)[O-])cc1. The largest absolute Gasteiger partial charge is 0.545 e. The number of carbonyl (C=O) groups is 1. The van der Waals surface area contributed by atoms with Crippen molar-refractivity contribution in [3.63, 3.8) is 0 Å². The van der Waals surface area contributed by atoms with Gasteiger partial charge in [0.1, 0.15) is 0 Å². The number of nitrogens with one attached hydrogen (secondary N) is 1. The molecule has 0 fully saturated rings. The highest BCUT2D eigenvalue weighted by Crippen LogP contribution is 2.03. The fraction of sp³-hybridized carbons (Fsp3) is 0.364. The first-order chi connectivity index (χ1) is 7.51. The summed E-state index contributed by atoms with van der Waals surface area (Å²) in [5.41, 5.74) is 6.01. The summed E-state index contributed by atoms with van der Waals surface area (Å²) in [6.45, 7) is 6.19. The number of carboxylic acids is 1. The first-order valence-electron chi connectivity index (χ1n) is 5.18. The average molecular weight is 225 g/mol. The Bertz CT molecular complexity index is 308. The normalized spacial score (nSPS) is 9.50. The molecule has 0 amide bonds. The summed E-state index contributed by atoms with van der Waals surface area (Å²) < 4.78 is 0. The molecule has 0 atom stereocenters. The number of rotatable bonds is 3. The van der Waals surface area contributed by atoms with Crippen LogP contribution < -0.4 is 21.7 Å². The molecule has 0 spiro atoms. The van der Waals surface area contributed by atoms with Gasteiger partial charge in [0.15, 0.2) is 0 Å². The fourth-order valence-electron chi connectivity index (χ4n) is 0.869. The third kappa shape index (κ3) is 6.00. The van der Waals surface area contributed by atoms with Crippen LogP contribution in [-0.2, 0) is 0 Å². The number of hydrogen-bond acceptors (Lipinski definition) is 4. The topological polar surface area (TPSA) is 96.6 Å². The molecule has 0 aliphatic carbocycles. The molecule has 0 aliphatic heterocycles. The summed E-state index contributed by atoms with van der Waals surface area (Å²) in [7, 11) is 0. The number of hydrogen-bond donors (Lipinski definition) is 3. The molecule has 0 radical (unpaired) electrons. The van der Waals surface area contributed by atoms with Crippen molar-refractivity contribution in [3.05, 3.63) is 29.8 Å². The van der Waals surface area contributed by atoms with Gasteiger partial charge in [0.2, 0.25) is 0 Å². The summed E-state index contributed by atoms with van der Waals surface area (Å²) in [6.07, 6.45) is 0. The van der Waals surface area contributed by atoms with Crippen LogP contribution >= 0.6 is 0 Å². The lowest BCUT2D eigenvalue weighted by Gasteiger charge is -2.03. The lowest BCUT2D eigenvalue weighted by Crippen LogP contribution is -3.17. The predicted octanol–water partition coefficient (Wildman–Crippen LogP) is -1.58. The molecule has 5 N–H and O–H groups in total. The molecule has 90 valence electrons. The van der Waals surface area contributed by atoms with Gasteiger partial charge in [-0.1, -0.05) is 12.1 Å². The highest BCUT2D eigenvalue weighted by molar-refractivity contribution is 5.86. The third-order valence-electron chi connectivity index (χ3n) is 2.05. The van der Waals surface area contributed by atoms with Crippen LogP contribution in [0.3, 0.4) is 0 Å². The van der Waals surface area contributed by atoms with Crippen LogP contribution in [0.25, 0.3) is 0 Å². The van der Waals surface area contributed by atoms with Crippen LogP contribution in [-0.4, -0.2) is 19.1 Å². The van der Waals surface area contributed by atoms with Crippen molar-refractivity contribution in [1.29, 1.82) is 0 Å². The van der Waals surface area contributed by atoms with Crippen molar-refractivity contribution in [2.45, 2.75) is 13.8 Å². The summed E-state index contributed by atoms with van der Waals surface area (Å²) in [5.74, 6) is 4.21. The molecule has 0 aliphatic rings. The van der Waals surface area contributed by atoms with Gasteiger partial charge >= 0.3 is 0 Å². The molecule has 0 saturated carbocycles. The van der Waals surface area contributed by atoms with Gasteiger partial charge in [-0.2, -0.15) is 5.84 Å². The monoisotopic (exact) mass is 225 g/mol. The number of aromatic carboxylic acids is 1. The highest BCUT2D eigenvalue weighted by atomic mass is 16.4. The minimum atomic E-state index is -1.18. The summed E-state index contributed by atoms with van der Waals surface area (Å²) in [6, 6.07) is 5.85. The second-order valence-corrected chi connectivity index (χ2v) is 3.27. The Balaban J connectivity index is 0.000000325. The molecule has 5 nitrogen and oxygen atoms in total. The van der Waals surface area contributed by atoms with Gasteiger partial charge in [0.25, 0.3) is 0 Å². The smallest absolute Gasteiger partial charge is 0.0915 e. The Kier molecular flexibility index (Phi) is 6.91. The van der Waals surface area contributed by atoms with E-state index in [2.05, 4.69) is 13.8 Å². The summed E-state index contributed by atoms with van der Waals surface area (Å²) in [5, 5.41) is 11.3. The van der Waals surface area contributed by atoms with Gasteiger partial charge in [0, 0.05) is 5.69 Å². The summed E-state index contributed by atoms with van der Waals surface area (Å²) >= 11 is 0. The number of carbonyl (C=O) groups excluding carboxylic acids is 1. The number of nitrogen functional groups attached to an aromatic ring is 1. The Hall–Kier alpha value is -1.59. The minimum Gasteiger partial charge on any atom is -0.545 e. The summed E-state index contributed by atoms with van der Waals surface area (Å²) in [4.78, 5) is 10.2. The lowest BCUT2D eigenvalue weighted by molar-refractivity contribution is -0.908. The van der Waals surface area contributed by atoms with Crippen LogP contribution in [0.15, 0.2) is 24.3 Å². The maximum atomic E-state index is 10.2. The third-order valence-corrected chi connectivity index (χ3v) is 2.05. The van der Waals surface area contributed by atoms with Crippen molar-refractivity contribution < 1.29 is 14.9 Å². The standard InChI is InChI=1S/C7H7NO2.C4H12N2/c8-6-3-1-5(2-4-6)7(9)10;1-3-6(5)4-2/h1-4H,8H2,(H,9,10);3-5H2,1-2H3. The van der Waals surface area contributed by atoms with Crippen LogP contribution in [0, 0.1) is 0 Å². The van der Waals surface area contributed by atoms with E-state index in [-0.39, 0.29) is 5.56 Å². The predicted molar refractivity (Wildman–Crippen MR) is 61.4 cm³/mol. The molecule has 0 saturated heterocycles. The molecule has 0 bridgehead atoms. The molecular weight excluding hydrogens is 206 g/mol. The van der Waals surface area contributed by atoms with E-state index in [1.807, 2.05) is 0 Å². The fourth-order valence-corrected chi connectivity index (χ4v) is 0.869. The van der Waals surface area contributed by atoms with Crippen LogP contribution in [0.5, 0.6) is 0 Å². The maximum absolute atomic E-state index is 10.2. The zero-order valence-corrected chi connectivity index (χ0v) is 9.69.